The van der Waals surface area contributed by atoms with Gasteiger partial charge < -0.3 is 20.5 Å². The normalized spacial score (nSPS) is 12.0. The summed E-state index contributed by atoms with van der Waals surface area (Å²) >= 11 is 0. The van der Waals surface area contributed by atoms with Gasteiger partial charge >= 0.3 is 0 Å². The lowest BCUT2D eigenvalue weighted by Crippen LogP contribution is -2.43. The molecule has 1 atom stereocenters. The highest BCUT2D eigenvalue weighted by Crippen LogP contribution is 2.17. The van der Waals surface area contributed by atoms with E-state index in [1.165, 1.54) is 0 Å². The van der Waals surface area contributed by atoms with Crippen LogP contribution in [0.2, 0.25) is 0 Å². The highest BCUT2D eigenvalue weighted by molar-refractivity contribution is 5.77. The van der Waals surface area contributed by atoms with Crippen LogP contribution in [0.15, 0.2) is 24.3 Å². The van der Waals surface area contributed by atoms with Crippen molar-refractivity contribution < 1.29 is 14.3 Å². The molecular formula is C16H26N2O3. The lowest BCUT2D eigenvalue weighted by Gasteiger charge is -2.18. The van der Waals surface area contributed by atoms with Crippen molar-refractivity contribution >= 4 is 5.91 Å². The van der Waals surface area contributed by atoms with Crippen molar-refractivity contribution in [2.24, 2.45) is 11.7 Å². The maximum Gasteiger partial charge on any atom is 0.258 e. The van der Waals surface area contributed by atoms with Crippen LogP contribution in [-0.2, 0) is 4.79 Å². The summed E-state index contributed by atoms with van der Waals surface area (Å²) < 4.78 is 10.8. The molecule has 1 aromatic rings. The van der Waals surface area contributed by atoms with Gasteiger partial charge in [0.05, 0.1) is 6.61 Å². The third kappa shape index (κ3) is 6.99. The summed E-state index contributed by atoms with van der Waals surface area (Å²) in [6.07, 6.45) is 0.866. The topological polar surface area (TPSA) is 73.6 Å². The minimum atomic E-state index is -0.153. The fourth-order valence-electron chi connectivity index (χ4n) is 2.00. The molecule has 0 aliphatic heterocycles. The summed E-state index contributed by atoms with van der Waals surface area (Å²) in [5.41, 5.74) is 5.65. The Morgan fingerprint density at radius 3 is 2.24 bits per heavy atom. The number of nitrogens with two attached hydrogens (primary N) is 1. The summed E-state index contributed by atoms with van der Waals surface area (Å²) in [6.45, 7) is 7.19. The number of benzene rings is 1. The SMILES string of the molecule is CCOc1ccc(OCC(=O)NC(CN)CC(C)C)cc1. The van der Waals surface area contributed by atoms with E-state index in [0.29, 0.717) is 24.8 Å². The van der Waals surface area contributed by atoms with Crippen LogP contribution in [0.1, 0.15) is 27.2 Å². The molecule has 0 saturated heterocycles. The van der Waals surface area contributed by atoms with Crippen LogP contribution in [0.5, 0.6) is 11.5 Å². The predicted octanol–water partition coefficient (Wildman–Crippen LogP) is 1.95. The Hall–Kier alpha value is -1.75. The van der Waals surface area contributed by atoms with Gasteiger partial charge in [-0.2, -0.15) is 0 Å². The van der Waals surface area contributed by atoms with Gasteiger partial charge in [0.1, 0.15) is 11.5 Å². The average Bonchev–Trinajstić information content (AvgIpc) is 2.45. The fourth-order valence-corrected chi connectivity index (χ4v) is 2.00. The standard InChI is InChI=1S/C16H26N2O3/c1-4-20-14-5-7-15(8-6-14)21-11-16(19)18-13(10-17)9-12(2)3/h5-8,12-13H,4,9-11,17H2,1-3H3,(H,18,19). The first-order valence-corrected chi connectivity index (χ1v) is 7.40. The third-order valence-electron chi connectivity index (χ3n) is 2.91. The molecule has 0 aliphatic carbocycles. The van der Waals surface area contributed by atoms with Crippen molar-refractivity contribution in [3.63, 3.8) is 0 Å². The second-order valence-corrected chi connectivity index (χ2v) is 5.32. The number of ether oxygens (including phenoxy) is 2. The van der Waals surface area contributed by atoms with Crippen LogP contribution in [0.25, 0.3) is 0 Å². The van der Waals surface area contributed by atoms with E-state index in [9.17, 15) is 4.79 Å². The lowest BCUT2D eigenvalue weighted by atomic mass is 10.0. The maximum absolute atomic E-state index is 11.8. The maximum atomic E-state index is 11.8. The quantitative estimate of drug-likeness (QED) is 0.730. The second-order valence-electron chi connectivity index (χ2n) is 5.32. The first-order valence-electron chi connectivity index (χ1n) is 7.40. The Balaban J connectivity index is 2.38. The zero-order chi connectivity index (χ0) is 15.7. The fraction of sp³-hybridized carbons (Fsp3) is 0.562. The molecule has 0 radical (unpaired) electrons. The van der Waals surface area contributed by atoms with Gasteiger partial charge in [-0.05, 0) is 43.5 Å². The number of carbonyl (C=O) groups is 1. The van der Waals surface area contributed by atoms with Crippen LogP contribution >= 0.6 is 0 Å². The summed E-state index contributed by atoms with van der Waals surface area (Å²) in [5.74, 6) is 1.77. The highest BCUT2D eigenvalue weighted by atomic mass is 16.5. The molecule has 0 aliphatic rings. The van der Waals surface area contributed by atoms with E-state index >= 15 is 0 Å². The molecule has 3 N–H and O–H groups in total. The highest BCUT2D eigenvalue weighted by Gasteiger charge is 2.12. The van der Waals surface area contributed by atoms with E-state index < -0.39 is 0 Å². The van der Waals surface area contributed by atoms with Crippen LogP contribution in [0, 0.1) is 5.92 Å². The minimum Gasteiger partial charge on any atom is -0.494 e. The van der Waals surface area contributed by atoms with Gasteiger partial charge in [0.2, 0.25) is 0 Å². The van der Waals surface area contributed by atoms with Crippen molar-refractivity contribution in [1.29, 1.82) is 0 Å². The molecule has 0 spiro atoms. The van der Waals surface area contributed by atoms with Gasteiger partial charge in [-0.15, -0.1) is 0 Å². The van der Waals surface area contributed by atoms with Crippen LogP contribution in [0.3, 0.4) is 0 Å². The Kier molecular flexibility index (Phi) is 7.61. The number of nitrogens with one attached hydrogen (secondary N) is 1. The number of carbonyl (C=O) groups excluding carboxylic acids is 1. The summed E-state index contributed by atoms with van der Waals surface area (Å²) in [6, 6.07) is 7.21. The molecule has 0 fully saturated rings. The van der Waals surface area contributed by atoms with E-state index in [2.05, 4.69) is 19.2 Å². The van der Waals surface area contributed by atoms with Crippen LogP contribution in [0.4, 0.5) is 0 Å². The zero-order valence-corrected chi connectivity index (χ0v) is 13.1. The smallest absolute Gasteiger partial charge is 0.258 e. The van der Waals surface area contributed by atoms with E-state index in [1.54, 1.807) is 12.1 Å². The van der Waals surface area contributed by atoms with E-state index in [4.69, 9.17) is 15.2 Å². The minimum absolute atomic E-state index is 0.00132. The van der Waals surface area contributed by atoms with E-state index in [-0.39, 0.29) is 18.6 Å². The third-order valence-corrected chi connectivity index (χ3v) is 2.91. The molecular weight excluding hydrogens is 268 g/mol. The van der Waals surface area contributed by atoms with E-state index in [1.807, 2.05) is 19.1 Å². The monoisotopic (exact) mass is 294 g/mol. The molecule has 0 heterocycles. The largest absolute Gasteiger partial charge is 0.494 e. The lowest BCUT2D eigenvalue weighted by molar-refractivity contribution is -0.123. The van der Waals surface area contributed by atoms with Gasteiger partial charge in [-0.25, -0.2) is 0 Å². The molecule has 5 heteroatoms. The molecule has 0 bridgehead atoms. The summed E-state index contributed by atoms with van der Waals surface area (Å²) in [7, 11) is 0. The molecule has 1 rings (SSSR count). The number of amides is 1. The number of hydrogen-bond acceptors (Lipinski definition) is 4. The predicted molar refractivity (Wildman–Crippen MR) is 83.5 cm³/mol. The molecule has 21 heavy (non-hydrogen) atoms. The van der Waals surface area contributed by atoms with Crippen molar-refractivity contribution in [3.8, 4) is 11.5 Å². The van der Waals surface area contributed by atoms with E-state index in [0.717, 1.165) is 12.2 Å². The molecule has 0 aromatic heterocycles. The first-order chi connectivity index (χ1) is 10.0. The molecule has 1 unspecified atom stereocenters. The van der Waals surface area contributed by atoms with Crippen molar-refractivity contribution in [1.82, 2.24) is 5.32 Å². The Bertz CT molecular complexity index is 418. The number of hydrogen-bond donors (Lipinski definition) is 2. The van der Waals surface area contributed by atoms with Crippen LogP contribution in [-0.4, -0.2) is 31.7 Å². The Morgan fingerprint density at radius 2 is 1.76 bits per heavy atom. The van der Waals surface area contributed by atoms with Crippen molar-refractivity contribution in [2.45, 2.75) is 33.2 Å². The van der Waals surface area contributed by atoms with Gasteiger partial charge in [-0.3, -0.25) is 4.79 Å². The molecule has 1 amide bonds. The molecule has 0 saturated carbocycles. The van der Waals surface area contributed by atoms with Crippen molar-refractivity contribution in [2.75, 3.05) is 19.8 Å². The van der Waals surface area contributed by atoms with Gasteiger partial charge in [0.25, 0.3) is 5.91 Å². The van der Waals surface area contributed by atoms with Crippen LogP contribution < -0.4 is 20.5 Å². The zero-order valence-electron chi connectivity index (χ0n) is 13.1. The summed E-state index contributed by atoms with van der Waals surface area (Å²) in [4.78, 5) is 11.8. The molecule has 5 nitrogen and oxygen atoms in total. The average molecular weight is 294 g/mol. The van der Waals surface area contributed by atoms with Gasteiger partial charge in [0, 0.05) is 12.6 Å². The summed E-state index contributed by atoms with van der Waals surface area (Å²) in [5, 5.41) is 2.89. The Labute approximate surface area is 126 Å². The molecule has 1 aromatic carbocycles. The van der Waals surface area contributed by atoms with Gasteiger partial charge in [0.15, 0.2) is 6.61 Å². The first kappa shape index (κ1) is 17.3. The van der Waals surface area contributed by atoms with Gasteiger partial charge in [-0.1, -0.05) is 13.8 Å². The van der Waals surface area contributed by atoms with Crippen molar-refractivity contribution in [3.05, 3.63) is 24.3 Å². The molecule has 118 valence electrons. The number of rotatable bonds is 9. The Morgan fingerprint density at radius 1 is 1.19 bits per heavy atom. The second kappa shape index (κ2) is 9.23.